The Morgan fingerprint density at radius 2 is 0.663 bits per heavy atom. The number of nitrogens with zero attached hydrogens (tertiary/aromatic N) is 1. The summed E-state index contributed by atoms with van der Waals surface area (Å²) >= 11 is 0. The van der Waals surface area contributed by atoms with Gasteiger partial charge in [-0.05, 0) is 122 Å². The van der Waals surface area contributed by atoms with Crippen molar-refractivity contribution in [3.8, 4) is 0 Å². The Morgan fingerprint density at radius 3 is 0.988 bits per heavy atom. The van der Waals surface area contributed by atoms with Crippen molar-refractivity contribution < 1.29 is 42.1 Å². The van der Waals surface area contributed by atoms with Crippen LogP contribution in [0.3, 0.4) is 0 Å². The van der Waals surface area contributed by atoms with Crippen molar-refractivity contribution in [2.24, 2.45) is 0 Å². The van der Waals surface area contributed by atoms with E-state index < -0.39 is 26.5 Å². The average molecular weight is 1220 g/mol. The zero-order valence-electron chi connectivity index (χ0n) is 55.7. The van der Waals surface area contributed by atoms with Gasteiger partial charge in [0.1, 0.15) is 19.8 Å². The molecule has 2 unspecified atom stereocenters. The molecule has 2 atom stereocenters. The summed E-state index contributed by atoms with van der Waals surface area (Å²) in [6, 6.07) is 0. The minimum Gasteiger partial charge on any atom is -0.462 e. The van der Waals surface area contributed by atoms with Crippen LogP contribution in [-0.2, 0) is 32.7 Å². The smallest absolute Gasteiger partial charge is 0.462 e. The quantitative estimate of drug-likeness (QED) is 0.0211. The molecule has 0 radical (unpaired) electrons. The van der Waals surface area contributed by atoms with Crippen LogP contribution in [0.2, 0.25) is 0 Å². The maximum Gasteiger partial charge on any atom is 0.472 e. The highest BCUT2D eigenvalue weighted by Crippen LogP contribution is 2.43. The molecule has 0 aliphatic heterocycles. The molecule has 0 bridgehead atoms. The van der Waals surface area contributed by atoms with Gasteiger partial charge in [-0.25, -0.2) is 4.57 Å². The number of esters is 2. The fourth-order valence-electron chi connectivity index (χ4n) is 9.07. The molecule has 0 fully saturated rings. The third-order valence-electron chi connectivity index (χ3n) is 14.4. The molecule has 1 N–H and O–H groups in total. The van der Waals surface area contributed by atoms with Gasteiger partial charge in [-0.2, -0.15) is 0 Å². The summed E-state index contributed by atoms with van der Waals surface area (Å²) in [5, 5.41) is 0. The standard InChI is InChI=1S/C76H128NO8P/c1-6-8-10-12-14-16-18-20-22-24-26-28-30-32-33-34-35-36-37-38-39-40-41-42-43-45-47-49-51-53-55-57-59-61-63-65-67-69-76(79)85-74(73-84-86(80,81)83-71-70-77(3,4)5)72-82-75(78)68-66-64-62-60-58-56-54-52-50-48-46-44-31-29-27-25-23-21-19-17-15-13-11-9-7-2/h8,10,14,16,19-22,25-28,32-33,35-36,38-39,41-42,45,47,51,53,74H,6-7,9,11-13,15,17-18,23-24,29-31,34,37,40,43-44,46,48-50,52,54-73H2,1-5H3/p+1/b10-8-,16-14-,21-19-,22-20-,27-25-,28-26-,33-32-,36-35-,39-38-,42-41-,47-45-,53-51-. The Bertz CT molecular complexity index is 1960. The summed E-state index contributed by atoms with van der Waals surface area (Å²) in [7, 11) is 1.45. The van der Waals surface area contributed by atoms with Gasteiger partial charge in [-0.3, -0.25) is 18.6 Å². The number of quaternary nitrogens is 1. The minimum absolute atomic E-state index is 0.0215. The predicted molar refractivity (Wildman–Crippen MR) is 371 cm³/mol. The lowest BCUT2D eigenvalue weighted by atomic mass is 10.0. The monoisotopic (exact) mass is 1210 g/mol. The zero-order chi connectivity index (χ0) is 62.6. The molecule has 0 aliphatic rings. The first-order chi connectivity index (χ1) is 42.0. The summed E-state index contributed by atoms with van der Waals surface area (Å²) in [5.41, 5.74) is 0. The molecule has 0 saturated carbocycles. The fourth-order valence-corrected chi connectivity index (χ4v) is 9.82. The highest BCUT2D eigenvalue weighted by Gasteiger charge is 2.27. The van der Waals surface area contributed by atoms with Crippen LogP contribution in [0, 0.1) is 0 Å². The van der Waals surface area contributed by atoms with E-state index in [1.807, 2.05) is 21.1 Å². The number of rotatable bonds is 62. The molecule has 0 aromatic carbocycles. The molecule has 0 aromatic heterocycles. The first-order valence-corrected chi connectivity index (χ1v) is 36.1. The van der Waals surface area contributed by atoms with Gasteiger partial charge < -0.3 is 18.9 Å². The van der Waals surface area contributed by atoms with E-state index in [9.17, 15) is 19.0 Å². The molecule has 0 amide bonds. The van der Waals surface area contributed by atoms with E-state index >= 15 is 0 Å². The Kier molecular flexibility index (Phi) is 62.2. The number of hydrogen-bond acceptors (Lipinski definition) is 7. The van der Waals surface area contributed by atoms with E-state index in [1.54, 1.807) is 0 Å². The molecule has 0 aromatic rings. The van der Waals surface area contributed by atoms with Gasteiger partial charge in [0, 0.05) is 12.8 Å². The number of carbonyl (C=O) groups excluding carboxylic acids is 2. The van der Waals surface area contributed by atoms with E-state index in [1.165, 1.54) is 109 Å². The zero-order valence-corrected chi connectivity index (χ0v) is 56.6. The summed E-state index contributed by atoms with van der Waals surface area (Å²) in [5.74, 6) is -0.819. The van der Waals surface area contributed by atoms with E-state index in [2.05, 4.69) is 160 Å². The highest BCUT2D eigenvalue weighted by molar-refractivity contribution is 7.47. The average Bonchev–Trinajstić information content (AvgIpc) is 3.67. The number of allylic oxidation sites excluding steroid dienone is 24. The van der Waals surface area contributed by atoms with Crippen LogP contribution in [0.25, 0.3) is 0 Å². The first kappa shape index (κ1) is 81.9. The predicted octanol–water partition coefficient (Wildman–Crippen LogP) is 22.6. The highest BCUT2D eigenvalue weighted by atomic mass is 31.2. The Morgan fingerprint density at radius 1 is 0.372 bits per heavy atom. The largest absolute Gasteiger partial charge is 0.472 e. The van der Waals surface area contributed by atoms with Crippen LogP contribution in [-0.4, -0.2) is 74.9 Å². The van der Waals surface area contributed by atoms with E-state index in [0.29, 0.717) is 17.4 Å². The second kappa shape index (κ2) is 65.3. The second-order valence-corrected chi connectivity index (χ2v) is 25.3. The van der Waals surface area contributed by atoms with Gasteiger partial charge in [0.2, 0.25) is 0 Å². The van der Waals surface area contributed by atoms with Crippen molar-refractivity contribution >= 4 is 19.8 Å². The molecule has 0 rings (SSSR count). The number of phosphoric acid groups is 1. The minimum atomic E-state index is -4.41. The molecule has 0 aliphatic carbocycles. The normalized spacial score (nSPS) is 14.1. The fraction of sp³-hybridized carbons (Fsp3) is 0.658. The molecule has 86 heavy (non-hydrogen) atoms. The van der Waals surface area contributed by atoms with Crippen LogP contribution >= 0.6 is 7.82 Å². The van der Waals surface area contributed by atoms with E-state index in [0.717, 1.165) is 128 Å². The van der Waals surface area contributed by atoms with Crippen molar-refractivity contribution in [2.75, 3.05) is 47.5 Å². The number of carbonyl (C=O) groups is 2. The van der Waals surface area contributed by atoms with Crippen LogP contribution in [0.15, 0.2) is 146 Å². The maximum absolute atomic E-state index is 12.9. The lowest BCUT2D eigenvalue weighted by molar-refractivity contribution is -0.870. The van der Waals surface area contributed by atoms with Crippen LogP contribution in [0.5, 0.6) is 0 Å². The number of phosphoric ester groups is 1. The van der Waals surface area contributed by atoms with Crippen molar-refractivity contribution in [1.82, 2.24) is 0 Å². The van der Waals surface area contributed by atoms with Gasteiger partial charge in [-0.15, -0.1) is 0 Å². The molecule has 490 valence electrons. The third-order valence-corrected chi connectivity index (χ3v) is 15.3. The van der Waals surface area contributed by atoms with Crippen LogP contribution < -0.4 is 0 Å². The summed E-state index contributed by atoms with van der Waals surface area (Å²) in [6.45, 7) is 4.29. The van der Waals surface area contributed by atoms with Crippen LogP contribution in [0.4, 0.5) is 0 Å². The number of unbranched alkanes of at least 4 members (excludes halogenated alkanes) is 24. The molecular weight excluding hydrogens is 1090 g/mol. The summed E-state index contributed by atoms with van der Waals surface area (Å²) in [6.07, 6.45) is 96.5. The number of hydrogen-bond donors (Lipinski definition) is 1. The Hall–Kier alpha value is -4.11. The van der Waals surface area contributed by atoms with Crippen molar-refractivity contribution in [3.63, 3.8) is 0 Å². The number of ether oxygens (including phenoxy) is 2. The molecule has 0 saturated heterocycles. The summed E-state index contributed by atoms with van der Waals surface area (Å²) < 4.78 is 34.7. The van der Waals surface area contributed by atoms with Crippen LogP contribution in [0.1, 0.15) is 271 Å². The second-order valence-electron chi connectivity index (χ2n) is 23.8. The van der Waals surface area contributed by atoms with E-state index in [4.69, 9.17) is 18.5 Å². The topological polar surface area (TPSA) is 108 Å². The summed E-state index contributed by atoms with van der Waals surface area (Å²) in [4.78, 5) is 35.9. The number of likely N-dealkylation sites (N-methyl/N-ethyl adjacent to an activating group) is 1. The van der Waals surface area contributed by atoms with Gasteiger partial charge >= 0.3 is 19.8 Å². The lowest BCUT2D eigenvalue weighted by Gasteiger charge is -2.24. The molecule has 0 spiro atoms. The Balaban J connectivity index is 4.16. The Labute approximate surface area is 529 Å². The van der Waals surface area contributed by atoms with E-state index in [-0.39, 0.29) is 32.0 Å². The van der Waals surface area contributed by atoms with Gasteiger partial charge in [0.25, 0.3) is 0 Å². The van der Waals surface area contributed by atoms with Gasteiger partial charge in [-0.1, -0.05) is 282 Å². The SMILES string of the molecule is CC/C=C\C/C=C\C/C=C\C/C=C\C/C=C\C/C=C\C/C=C\C/C=C\C/C=C\C/C=C\CCCCCCCCC(=O)OC(COC(=O)CCCCCCCCCCCCCCC/C=C\C/C=C\CCCCCCC)COP(=O)(O)OCC[N+](C)(C)C. The molecular formula is C76H129NO8P+. The molecule has 10 heteroatoms. The third kappa shape index (κ3) is 69.0. The lowest BCUT2D eigenvalue weighted by Crippen LogP contribution is -2.37. The van der Waals surface area contributed by atoms with Gasteiger partial charge in [0.05, 0.1) is 27.7 Å². The molecule has 9 nitrogen and oxygen atoms in total. The van der Waals surface area contributed by atoms with Gasteiger partial charge in [0.15, 0.2) is 6.10 Å². The molecule has 0 heterocycles. The maximum atomic E-state index is 12.9. The van der Waals surface area contributed by atoms with Crippen molar-refractivity contribution in [1.29, 1.82) is 0 Å². The van der Waals surface area contributed by atoms with Crippen molar-refractivity contribution in [2.45, 2.75) is 277 Å². The first-order valence-electron chi connectivity index (χ1n) is 34.6. The van der Waals surface area contributed by atoms with Crippen molar-refractivity contribution in [3.05, 3.63) is 146 Å².